The van der Waals surface area contributed by atoms with Crippen molar-refractivity contribution in [1.82, 2.24) is 4.90 Å². The van der Waals surface area contributed by atoms with Crippen molar-refractivity contribution in [2.75, 3.05) is 25.4 Å². The zero-order valence-corrected chi connectivity index (χ0v) is 12.6. The van der Waals surface area contributed by atoms with Gasteiger partial charge in [0.1, 0.15) is 0 Å². The number of fused-ring (bicyclic) bond motifs is 1. The van der Waals surface area contributed by atoms with Gasteiger partial charge < -0.3 is 10.6 Å². The molecule has 108 valence electrons. The van der Waals surface area contributed by atoms with E-state index in [9.17, 15) is 4.79 Å². The first kappa shape index (κ1) is 14.0. The van der Waals surface area contributed by atoms with Gasteiger partial charge in [0, 0.05) is 23.7 Å². The van der Waals surface area contributed by atoms with Crippen molar-refractivity contribution in [3.05, 3.63) is 29.8 Å². The van der Waals surface area contributed by atoms with Gasteiger partial charge in [-0.1, -0.05) is 18.2 Å². The molecule has 0 spiro atoms. The van der Waals surface area contributed by atoms with E-state index < -0.39 is 0 Å². The Labute approximate surface area is 124 Å². The number of carbonyl (C=O) groups is 1. The minimum Gasteiger partial charge on any atom is -0.342 e. The van der Waals surface area contributed by atoms with E-state index in [-0.39, 0.29) is 5.92 Å². The van der Waals surface area contributed by atoms with E-state index in [0.717, 1.165) is 38.2 Å². The number of likely N-dealkylation sites (tertiary alicyclic amines) is 1. The second kappa shape index (κ2) is 6.19. The van der Waals surface area contributed by atoms with E-state index >= 15 is 0 Å². The van der Waals surface area contributed by atoms with Crippen LogP contribution in [-0.2, 0) is 4.79 Å². The third-order valence-corrected chi connectivity index (χ3v) is 5.59. The number of benzene rings is 1. The standard InChI is InChI=1S/C16H22N2OS/c17-8-7-12-4-3-9-18(10-12)16(19)14-11-20-15-6-2-1-5-13(14)15/h1-2,5-6,12,14H,3-4,7-11,17H2. The number of hydrogen-bond donors (Lipinski definition) is 1. The molecule has 0 aromatic heterocycles. The van der Waals surface area contributed by atoms with Crippen LogP contribution in [0.3, 0.4) is 0 Å². The molecule has 0 saturated carbocycles. The fourth-order valence-corrected chi connectivity index (χ4v) is 4.54. The average Bonchev–Trinajstić information content (AvgIpc) is 2.91. The molecule has 0 aliphatic carbocycles. The fraction of sp³-hybridized carbons (Fsp3) is 0.562. The lowest BCUT2D eigenvalue weighted by Crippen LogP contribution is -2.42. The molecule has 3 rings (SSSR count). The van der Waals surface area contributed by atoms with E-state index in [1.54, 1.807) is 0 Å². The normalized spacial score (nSPS) is 25.6. The summed E-state index contributed by atoms with van der Waals surface area (Å²) in [6, 6.07) is 8.33. The highest BCUT2D eigenvalue weighted by atomic mass is 32.2. The fourth-order valence-electron chi connectivity index (χ4n) is 3.32. The largest absolute Gasteiger partial charge is 0.342 e. The maximum Gasteiger partial charge on any atom is 0.231 e. The maximum absolute atomic E-state index is 12.8. The van der Waals surface area contributed by atoms with Gasteiger partial charge in [-0.2, -0.15) is 0 Å². The van der Waals surface area contributed by atoms with Gasteiger partial charge in [0.2, 0.25) is 5.91 Å². The lowest BCUT2D eigenvalue weighted by Gasteiger charge is -2.34. The number of carbonyl (C=O) groups excluding carboxylic acids is 1. The first-order valence-electron chi connectivity index (χ1n) is 7.50. The topological polar surface area (TPSA) is 46.3 Å². The Hall–Kier alpha value is -1.00. The number of rotatable bonds is 3. The number of amides is 1. The molecule has 4 heteroatoms. The van der Waals surface area contributed by atoms with E-state index in [4.69, 9.17) is 5.73 Å². The van der Waals surface area contributed by atoms with Crippen LogP contribution in [0.1, 0.15) is 30.7 Å². The Morgan fingerprint density at radius 2 is 2.25 bits per heavy atom. The lowest BCUT2D eigenvalue weighted by atomic mass is 9.92. The van der Waals surface area contributed by atoms with Crippen LogP contribution >= 0.6 is 11.8 Å². The van der Waals surface area contributed by atoms with Crippen molar-refractivity contribution < 1.29 is 4.79 Å². The number of piperidine rings is 1. The summed E-state index contributed by atoms with van der Waals surface area (Å²) in [5.74, 6) is 1.88. The summed E-state index contributed by atoms with van der Waals surface area (Å²) in [5.41, 5.74) is 6.88. The second-order valence-corrected chi connectivity index (χ2v) is 6.83. The van der Waals surface area contributed by atoms with Crippen molar-refractivity contribution in [2.24, 2.45) is 11.7 Å². The molecule has 1 aromatic carbocycles. The molecule has 2 aliphatic heterocycles. The van der Waals surface area contributed by atoms with Crippen LogP contribution in [0.4, 0.5) is 0 Å². The summed E-state index contributed by atoms with van der Waals surface area (Å²) < 4.78 is 0. The summed E-state index contributed by atoms with van der Waals surface area (Å²) in [4.78, 5) is 16.2. The third-order valence-electron chi connectivity index (χ3n) is 4.40. The van der Waals surface area contributed by atoms with Crippen molar-refractivity contribution in [3.63, 3.8) is 0 Å². The summed E-state index contributed by atoms with van der Waals surface area (Å²) in [6.45, 7) is 2.55. The van der Waals surface area contributed by atoms with Crippen LogP contribution in [0.15, 0.2) is 29.2 Å². The van der Waals surface area contributed by atoms with Gasteiger partial charge in [-0.3, -0.25) is 4.79 Å². The number of thioether (sulfide) groups is 1. The Morgan fingerprint density at radius 1 is 1.40 bits per heavy atom. The first-order chi connectivity index (χ1) is 9.79. The van der Waals surface area contributed by atoms with Gasteiger partial charge in [-0.25, -0.2) is 0 Å². The molecule has 2 aliphatic rings. The van der Waals surface area contributed by atoms with Crippen LogP contribution in [0, 0.1) is 5.92 Å². The van der Waals surface area contributed by atoms with Gasteiger partial charge in [0.05, 0.1) is 5.92 Å². The molecular formula is C16H22N2OS. The zero-order chi connectivity index (χ0) is 13.9. The Kier molecular flexibility index (Phi) is 4.32. The molecule has 2 heterocycles. The quantitative estimate of drug-likeness (QED) is 0.930. The van der Waals surface area contributed by atoms with Crippen molar-refractivity contribution >= 4 is 17.7 Å². The van der Waals surface area contributed by atoms with Gasteiger partial charge >= 0.3 is 0 Å². The SMILES string of the molecule is NCCC1CCCN(C(=O)C2CSc3ccccc32)C1. The highest BCUT2D eigenvalue weighted by molar-refractivity contribution is 7.99. The monoisotopic (exact) mass is 290 g/mol. The van der Waals surface area contributed by atoms with Crippen molar-refractivity contribution in [3.8, 4) is 0 Å². The molecule has 1 aromatic rings. The van der Waals surface area contributed by atoms with Crippen LogP contribution in [0.25, 0.3) is 0 Å². The Morgan fingerprint density at radius 3 is 3.10 bits per heavy atom. The van der Waals surface area contributed by atoms with E-state index in [2.05, 4.69) is 23.1 Å². The Bertz CT molecular complexity index is 489. The molecule has 0 bridgehead atoms. The highest BCUT2D eigenvalue weighted by Crippen LogP contribution is 2.40. The summed E-state index contributed by atoms with van der Waals surface area (Å²) in [5, 5.41) is 0. The van der Waals surface area contributed by atoms with E-state index in [0.29, 0.717) is 11.8 Å². The predicted octanol–water partition coefficient (Wildman–Crippen LogP) is 2.46. The van der Waals surface area contributed by atoms with Crippen LogP contribution < -0.4 is 5.73 Å². The predicted molar refractivity (Wildman–Crippen MR) is 82.9 cm³/mol. The van der Waals surface area contributed by atoms with Crippen LogP contribution in [-0.4, -0.2) is 36.2 Å². The molecule has 3 nitrogen and oxygen atoms in total. The maximum atomic E-state index is 12.8. The molecule has 0 radical (unpaired) electrons. The average molecular weight is 290 g/mol. The third kappa shape index (κ3) is 2.72. The lowest BCUT2D eigenvalue weighted by molar-refractivity contribution is -0.134. The molecular weight excluding hydrogens is 268 g/mol. The van der Waals surface area contributed by atoms with Crippen molar-refractivity contribution in [2.45, 2.75) is 30.1 Å². The molecule has 1 amide bonds. The summed E-state index contributed by atoms with van der Waals surface area (Å²) in [6.07, 6.45) is 3.38. The minimum atomic E-state index is 0.0628. The summed E-state index contributed by atoms with van der Waals surface area (Å²) in [7, 11) is 0. The van der Waals surface area contributed by atoms with Gasteiger partial charge in [-0.05, 0) is 43.4 Å². The molecule has 20 heavy (non-hydrogen) atoms. The van der Waals surface area contributed by atoms with Gasteiger partial charge in [0.15, 0.2) is 0 Å². The molecule has 1 saturated heterocycles. The number of nitrogens with two attached hydrogens (primary N) is 1. The highest BCUT2D eigenvalue weighted by Gasteiger charge is 2.33. The molecule has 1 fully saturated rings. The first-order valence-corrected chi connectivity index (χ1v) is 8.48. The molecule has 2 unspecified atom stereocenters. The van der Waals surface area contributed by atoms with Crippen LogP contribution in [0.5, 0.6) is 0 Å². The number of nitrogens with zero attached hydrogens (tertiary/aromatic N) is 1. The Balaban J connectivity index is 1.70. The molecule has 2 atom stereocenters. The smallest absolute Gasteiger partial charge is 0.231 e. The zero-order valence-electron chi connectivity index (χ0n) is 11.8. The van der Waals surface area contributed by atoms with Gasteiger partial charge in [-0.15, -0.1) is 11.8 Å². The van der Waals surface area contributed by atoms with E-state index in [1.165, 1.54) is 16.9 Å². The van der Waals surface area contributed by atoms with Crippen molar-refractivity contribution in [1.29, 1.82) is 0 Å². The van der Waals surface area contributed by atoms with Gasteiger partial charge in [0.25, 0.3) is 0 Å². The summed E-state index contributed by atoms with van der Waals surface area (Å²) >= 11 is 1.81. The second-order valence-electron chi connectivity index (χ2n) is 5.77. The van der Waals surface area contributed by atoms with E-state index in [1.807, 2.05) is 17.8 Å². The van der Waals surface area contributed by atoms with Crippen LogP contribution in [0.2, 0.25) is 0 Å². The number of hydrogen-bond acceptors (Lipinski definition) is 3. The minimum absolute atomic E-state index is 0.0628. The molecule has 2 N–H and O–H groups in total.